The molecule has 6 nitrogen and oxygen atoms in total. The van der Waals surface area contributed by atoms with Crippen LogP contribution >= 0.6 is 24.0 Å². The number of ether oxygens (including phenoxy) is 1. The maximum absolute atomic E-state index is 12.7. The number of benzene rings is 1. The average Bonchev–Trinajstić information content (AvgIpc) is 3.12. The van der Waals surface area contributed by atoms with Gasteiger partial charge < -0.3 is 20.3 Å². The first-order valence-electron chi connectivity index (χ1n) is 9.85. The van der Waals surface area contributed by atoms with Gasteiger partial charge in [0.2, 0.25) is 0 Å². The van der Waals surface area contributed by atoms with Crippen LogP contribution < -0.4 is 10.6 Å². The fraction of sp³-hybridized carbons (Fsp3) is 0.650. The highest BCUT2D eigenvalue weighted by Crippen LogP contribution is 2.29. The van der Waals surface area contributed by atoms with Gasteiger partial charge in [-0.3, -0.25) is 9.89 Å². The van der Waals surface area contributed by atoms with E-state index in [1.54, 1.807) is 26.3 Å². The maximum Gasteiger partial charge on any atom is 0.416 e. The number of alkyl halides is 3. The third kappa shape index (κ3) is 9.36. The van der Waals surface area contributed by atoms with Gasteiger partial charge in [-0.25, -0.2) is 0 Å². The van der Waals surface area contributed by atoms with E-state index >= 15 is 0 Å². The van der Waals surface area contributed by atoms with Crippen molar-refractivity contribution in [3.8, 4) is 0 Å². The first kappa shape index (κ1) is 26.9. The van der Waals surface area contributed by atoms with Gasteiger partial charge in [0.05, 0.1) is 12.2 Å². The van der Waals surface area contributed by atoms with E-state index in [0.29, 0.717) is 13.2 Å². The lowest BCUT2D eigenvalue weighted by atomic mass is 10.1. The van der Waals surface area contributed by atoms with Crippen LogP contribution in [0.15, 0.2) is 29.3 Å². The molecule has 1 aromatic rings. The third-order valence-electron chi connectivity index (χ3n) is 4.99. The molecule has 0 bridgehead atoms. The predicted molar refractivity (Wildman–Crippen MR) is 124 cm³/mol. The molecule has 0 spiro atoms. The zero-order valence-corrected chi connectivity index (χ0v) is 20.2. The van der Waals surface area contributed by atoms with E-state index in [1.807, 2.05) is 7.05 Å². The molecule has 0 amide bonds. The van der Waals surface area contributed by atoms with Crippen LogP contribution in [0.1, 0.15) is 17.5 Å². The van der Waals surface area contributed by atoms with Crippen molar-refractivity contribution in [3.05, 3.63) is 35.4 Å². The molecule has 0 saturated carbocycles. The van der Waals surface area contributed by atoms with Gasteiger partial charge >= 0.3 is 6.18 Å². The quantitative estimate of drug-likeness (QED) is 0.285. The van der Waals surface area contributed by atoms with Gasteiger partial charge in [-0.05, 0) is 31.2 Å². The second-order valence-corrected chi connectivity index (χ2v) is 7.35. The van der Waals surface area contributed by atoms with Crippen LogP contribution in [0.3, 0.4) is 0 Å². The van der Waals surface area contributed by atoms with Crippen LogP contribution in [0.25, 0.3) is 0 Å². The van der Waals surface area contributed by atoms with Crippen molar-refractivity contribution in [3.63, 3.8) is 0 Å². The molecule has 1 heterocycles. The number of likely N-dealkylation sites (N-methyl/N-ethyl adjacent to an activating group) is 1. The molecular weight excluding hydrogens is 510 g/mol. The number of methoxy groups -OCH3 is 1. The lowest BCUT2D eigenvalue weighted by Gasteiger charge is -2.21. The first-order chi connectivity index (χ1) is 13.8. The Bertz CT molecular complexity index is 642. The van der Waals surface area contributed by atoms with Crippen molar-refractivity contribution in [1.82, 2.24) is 20.4 Å². The summed E-state index contributed by atoms with van der Waals surface area (Å²) in [6.07, 6.45) is -3.32. The van der Waals surface area contributed by atoms with E-state index in [1.165, 1.54) is 0 Å². The van der Waals surface area contributed by atoms with Crippen molar-refractivity contribution in [2.75, 3.05) is 60.5 Å². The molecule has 1 saturated heterocycles. The number of nitrogens with one attached hydrogen (secondary N) is 2. The minimum atomic E-state index is -4.29. The summed E-state index contributed by atoms with van der Waals surface area (Å²) in [7, 11) is 5.49. The predicted octanol–water partition coefficient (Wildman–Crippen LogP) is 2.64. The van der Waals surface area contributed by atoms with Crippen LogP contribution in [-0.2, 0) is 17.5 Å². The molecule has 1 unspecified atom stereocenters. The molecule has 1 atom stereocenters. The number of likely N-dealkylation sites (tertiary alicyclic amines) is 1. The van der Waals surface area contributed by atoms with Crippen LogP contribution in [0.2, 0.25) is 0 Å². The molecule has 1 aliphatic heterocycles. The number of rotatable bonds is 9. The summed E-state index contributed by atoms with van der Waals surface area (Å²) in [5, 5.41) is 6.75. The van der Waals surface area contributed by atoms with Gasteiger partial charge in [-0.2, -0.15) is 13.2 Å². The van der Waals surface area contributed by atoms with Gasteiger partial charge in [-0.1, -0.05) is 12.1 Å². The Labute approximate surface area is 194 Å². The average molecular weight is 543 g/mol. The maximum atomic E-state index is 12.7. The fourth-order valence-corrected chi connectivity index (χ4v) is 3.26. The molecule has 30 heavy (non-hydrogen) atoms. The van der Waals surface area contributed by atoms with Gasteiger partial charge in [0.1, 0.15) is 0 Å². The first-order valence-corrected chi connectivity index (χ1v) is 9.85. The van der Waals surface area contributed by atoms with E-state index in [9.17, 15) is 13.2 Å². The topological polar surface area (TPSA) is 52.1 Å². The van der Waals surface area contributed by atoms with E-state index in [-0.39, 0.29) is 30.0 Å². The van der Waals surface area contributed by atoms with Crippen molar-refractivity contribution in [2.24, 2.45) is 4.99 Å². The standard InChI is InChI=1S/C20H32F3N5O.HI/c1-24-19(25-9-11-27(2)12-13-29-3)26-18-8-10-28(15-18)14-16-4-6-17(7-5-16)20(21,22)23;/h4-7,18H,8-15H2,1-3H3,(H2,24,25,26);1H. The number of hydrogen-bond donors (Lipinski definition) is 2. The molecule has 0 aliphatic carbocycles. The summed E-state index contributed by atoms with van der Waals surface area (Å²) in [6.45, 7) is 5.63. The second kappa shape index (κ2) is 13.3. The van der Waals surface area contributed by atoms with Crippen LogP contribution in [0.5, 0.6) is 0 Å². The highest BCUT2D eigenvalue weighted by Gasteiger charge is 2.30. The van der Waals surface area contributed by atoms with Gasteiger partial charge in [0, 0.05) is 59.5 Å². The van der Waals surface area contributed by atoms with Gasteiger partial charge in [0.25, 0.3) is 0 Å². The Morgan fingerprint density at radius 3 is 2.57 bits per heavy atom. The molecule has 0 aromatic heterocycles. The van der Waals surface area contributed by atoms with Crippen LogP contribution in [-0.4, -0.2) is 82.3 Å². The molecule has 1 fully saturated rings. The molecule has 0 radical (unpaired) electrons. The van der Waals surface area contributed by atoms with E-state index < -0.39 is 11.7 Å². The number of hydrogen-bond acceptors (Lipinski definition) is 4. The Kier molecular flexibility index (Phi) is 12.0. The fourth-order valence-electron chi connectivity index (χ4n) is 3.26. The van der Waals surface area contributed by atoms with E-state index in [4.69, 9.17) is 4.74 Å². The third-order valence-corrected chi connectivity index (χ3v) is 4.99. The van der Waals surface area contributed by atoms with Crippen molar-refractivity contribution < 1.29 is 17.9 Å². The Hall–Kier alpha value is -1.11. The minimum Gasteiger partial charge on any atom is -0.383 e. The van der Waals surface area contributed by atoms with Gasteiger partial charge in [-0.15, -0.1) is 24.0 Å². The minimum absolute atomic E-state index is 0. The smallest absolute Gasteiger partial charge is 0.383 e. The molecule has 1 aliphatic rings. The van der Waals surface area contributed by atoms with Crippen molar-refractivity contribution in [1.29, 1.82) is 0 Å². The van der Waals surface area contributed by atoms with E-state index in [0.717, 1.165) is 62.8 Å². The Balaban J connectivity index is 0.00000450. The van der Waals surface area contributed by atoms with E-state index in [2.05, 4.69) is 25.4 Å². The summed E-state index contributed by atoms with van der Waals surface area (Å²) in [5.74, 6) is 0.770. The zero-order valence-electron chi connectivity index (χ0n) is 17.8. The molecule has 172 valence electrons. The highest BCUT2D eigenvalue weighted by atomic mass is 127. The monoisotopic (exact) mass is 543 g/mol. The molecular formula is C20H33F3IN5O. The number of aliphatic imine (C=N–C) groups is 1. The summed E-state index contributed by atoms with van der Waals surface area (Å²) in [5.41, 5.74) is 0.283. The lowest BCUT2D eigenvalue weighted by Crippen LogP contribution is -2.46. The van der Waals surface area contributed by atoms with Crippen LogP contribution in [0, 0.1) is 0 Å². The van der Waals surface area contributed by atoms with Gasteiger partial charge in [0.15, 0.2) is 5.96 Å². The summed E-state index contributed by atoms with van der Waals surface area (Å²) >= 11 is 0. The summed E-state index contributed by atoms with van der Waals surface area (Å²) < 4.78 is 43.1. The molecule has 2 N–H and O–H groups in total. The number of guanidine groups is 1. The largest absolute Gasteiger partial charge is 0.416 e. The SMILES string of the molecule is CN=C(NCCN(C)CCOC)NC1CCN(Cc2ccc(C(F)(F)F)cc2)C1.I. The number of nitrogens with zero attached hydrogens (tertiary/aromatic N) is 3. The zero-order chi connectivity index (χ0) is 21.3. The highest BCUT2D eigenvalue weighted by molar-refractivity contribution is 14.0. The molecule has 1 aromatic carbocycles. The second-order valence-electron chi connectivity index (χ2n) is 7.35. The summed E-state index contributed by atoms with van der Waals surface area (Å²) in [6, 6.07) is 5.68. The number of halogens is 4. The van der Waals surface area contributed by atoms with Crippen molar-refractivity contribution >= 4 is 29.9 Å². The Morgan fingerprint density at radius 1 is 1.27 bits per heavy atom. The molecule has 2 rings (SSSR count). The Morgan fingerprint density at radius 2 is 1.97 bits per heavy atom. The normalized spacial score (nSPS) is 17.8. The lowest BCUT2D eigenvalue weighted by molar-refractivity contribution is -0.137. The summed E-state index contributed by atoms with van der Waals surface area (Å²) in [4.78, 5) is 8.71. The molecule has 10 heteroatoms. The van der Waals surface area contributed by atoms with Crippen LogP contribution in [0.4, 0.5) is 13.2 Å². The van der Waals surface area contributed by atoms with Crippen molar-refractivity contribution in [2.45, 2.75) is 25.2 Å².